The van der Waals surface area contributed by atoms with Crippen molar-refractivity contribution in [2.75, 3.05) is 0 Å². The third-order valence-electron chi connectivity index (χ3n) is 4.66. The average molecular weight is 447 g/mol. The summed E-state index contributed by atoms with van der Waals surface area (Å²) in [4.78, 5) is 16.0. The molecule has 8 N–H and O–H groups in total. The predicted octanol–water partition coefficient (Wildman–Crippen LogP) is 2.40. The van der Waals surface area contributed by atoms with Gasteiger partial charge in [0.1, 0.15) is 0 Å². The van der Waals surface area contributed by atoms with Crippen LogP contribution in [0.15, 0.2) is 48.5 Å². The Bertz CT molecular complexity index is 1310. The molecule has 0 atom stereocenters. The van der Waals surface area contributed by atoms with E-state index in [9.17, 15) is 0 Å². The van der Waals surface area contributed by atoms with E-state index in [1.54, 1.807) is 12.1 Å². The first-order chi connectivity index (χ1) is 14.0. The molecule has 0 spiro atoms. The number of nitrogens with zero attached hydrogens (tertiary/aromatic N) is 2. The number of nitrogens with one attached hydrogen (secondary N) is 4. The Kier molecular flexibility index (Phi) is 3.87. The van der Waals surface area contributed by atoms with E-state index in [0.29, 0.717) is 11.1 Å². The van der Waals surface area contributed by atoms with Crippen LogP contribution in [0, 0.1) is 10.8 Å². The summed E-state index contributed by atoms with van der Waals surface area (Å²) < 4.78 is 2.25. The summed E-state index contributed by atoms with van der Waals surface area (Å²) in [5.74, 6) is 1.71. The molecule has 0 bridgehead atoms. The van der Waals surface area contributed by atoms with Gasteiger partial charge in [-0.25, -0.2) is 0 Å². The van der Waals surface area contributed by atoms with Crippen molar-refractivity contribution in [3.63, 3.8) is 0 Å². The number of imidazole rings is 2. The number of hydrogen-bond acceptors (Lipinski definition) is 4. The van der Waals surface area contributed by atoms with Crippen molar-refractivity contribution in [1.29, 1.82) is 10.8 Å². The van der Waals surface area contributed by atoms with Gasteiger partial charge in [-0.1, -0.05) is 0 Å². The molecule has 0 aliphatic rings. The maximum atomic E-state index is 7.59. The molecule has 0 aliphatic carbocycles. The van der Waals surface area contributed by atoms with Crippen LogP contribution in [0.5, 0.6) is 0 Å². The van der Waals surface area contributed by atoms with Crippen molar-refractivity contribution < 1.29 is 0 Å². The molecule has 8 nitrogen and oxygen atoms in total. The van der Waals surface area contributed by atoms with E-state index in [2.05, 4.69) is 32.1 Å². The quantitative estimate of drug-likeness (QED) is 0.142. The van der Waals surface area contributed by atoms with Crippen molar-refractivity contribution in [2.24, 2.45) is 11.5 Å². The van der Waals surface area contributed by atoms with E-state index in [1.807, 2.05) is 24.3 Å². The number of amidine groups is 2. The summed E-state index contributed by atoms with van der Waals surface area (Å²) in [6.45, 7) is 0. The number of fused-ring (bicyclic) bond motifs is 2. The molecule has 5 aromatic rings. The first-order valence-electron chi connectivity index (χ1n) is 8.77. The van der Waals surface area contributed by atoms with Gasteiger partial charge < -0.3 is 0 Å². The summed E-state index contributed by atoms with van der Waals surface area (Å²) in [5, 5.41) is 15.2. The predicted molar refractivity (Wildman–Crippen MR) is 116 cm³/mol. The fourth-order valence-electron chi connectivity index (χ4n) is 3.18. The zero-order valence-electron chi connectivity index (χ0n) is 15.1. The van der Waals surface area contributed by atoms with Crippen LogP contribution in [-0.4, -0.2) is 46.1 Å². The molecule has 142 valence electrons. The molecular formula is C20H16N8Se. The van der Waals surface area contributed by atoms with Crippen molar-refractivity contribution in [3.8, 4) is 20.5 Å². The number of nitrogens with two attached hydrogens (primary N) is 2. The second-order valence-electron chi connectivity index (χ2n) is 6.63. The summed E-state index contributed by atoms with van der Waals surface area (Å²) in [6, 6.07) is 15.2. The molecule has 0 radical (unpaired) electrons. The van der Waals surface area contributed by atoms with Gasteiger partial charge in [-0.2, -0.15) is 0 Å². The zero-order valence-corrected chi connectivity index (χ0v) is 16.8. The second kappa shape index (κ2) is 6.44. The number of H-pyrrole nitrogens is 2. The molecule has 2 aromatic carbocycles. The molecule has 0 saturated heterocycles. The van der Waals surface area contributed by atoms with E-state index < -0.39 is 0 Å². The van der Waals surface area contributed by atoms with Gasteiger partial charge in [-0.15, -0.1) is 0 Å². The van der Waals surface area contributed by atoms with Gasteiger partial charge >= 0.3 is 171 Å². The SMILES string of the molecule is N=C(N)c1ccc2nc(-c3ccc(-c4nc5ccc(C(=N)N)cc5[nH]4)[se]3)[nH]c2c1. The summed E-state index contributed by atoms with van der Waals surface area (Å²) >= 11 is 0.0363. The Morgan fingerprint density at radius 3 is 1.59 bits per heavy atom. The van der Waals surface area contributed by atoms with E-state index in [-0.39, 0.29) is 26.2 Å². The minimum absolute atomic E-state index is 0.0362. The molecule has 0 amide bonds. The molecule has 3 heterocycles. The van der Waals surface area contributed by atoms with E-state index in [4.69, 9.17) is 22.3 Å². The van der Waals surface area contributed by atoms with E-state index in [1.165, 1.54) is 0 Å². The molecule has 0 fully saturated rings. The average Bonchev–Trinajstić information content (AvgIpc) is 3.42. The van der Waals surface area contributed by atoms with Crippen LogP contribution >= 0.6 is 0 Å². The first kappa shape index (κ1) is 17.4. The van der Waals surface area contributed by atoms with Gasteiger partial charge in [0.05, 0.1) is 0 Å². The third kappa shape index (κ3) is 3.02. The fraction of sp³-hybridized carbons (Fsp3) is 0. The Hall–Kier alpha value is -3.68. The molecule has 3 aromatic heterocycles. The number of hydrogen-bond donors (Lipinski definition) is 6. The van der Waals surface area contributed by atoms with Gasteiger partial charge in [0.25, 0.3) is 0 Å². The van der Waals surface area contributed by atoms with Crippen LogP contribution in [0.2, 0.25) is 0 Å². The third-order valence-corrected chi connectivity index (χ3v) is 6.96. The number of nitrogen functional groups attached to an aromatic ring is 2. The molecule has 5 rings (SSSR count). The number of benzene rings is 2. The summed E-state index contributed by atoms with van der Waals surface area (Å²) in [7, 11) is 0. The maximum absolute atomic E-state index is 7.59. The van der Waals surface area contributed by atoms with Crippen LogP contribution in [0.3, 0.4) is 0 Å². The first-order valence-corrected chi connectivity index (χ1v) is 10.5. The van der Waals surface area contributed by atoms with Crippen LogP contribution in [0.1, 0.15) is 11.1 Å². The molecule has 0 aliphatic heterocycles. The number of aromatic nitrogens is 4. The molecular weight excluding hydrogens is 431 g/mol. The normalized spacial score (nSPS) is 11.3. The molecule has 9 heteroatoms. The number of rotatable bonds is 4. The molecule has 29 heavy (non-hydrogen) atoms. The Labute approximate surface area is 170 Å². The molecule has 0 unspecified atom stereocenters. The fourth-order valence-corrected chi connectivity index (χ4v) is 5.06. The van der Waals surface area contributed by atoms with E-state index in [0.717, 1.165) is 42.6 Å². The topological polar surface area (TPSA) is 157 Å². The van der Waals surface area contributed by atoms with Crippen LogP contribution in [-0.2, 0) is 0 Å². The van der Waals surface area contributed by atoms with Gasteiger partial charge in [0, 0.05) is 0 Å². The second-order valence-corrected chi connectivity index (χ2v) is 8.90. The zero-order chi connectivity index (χ0) is 20.1. The van der Waals surface area contributed by atoms with Crippen molar-refractivity contribution in [2.45, 2.75) is 0 Å². The summed E-state index contributed by atoms with van der Waals surface area (Å²) in [6.07, 6.45) is 0. The Morgan fingerprint density at radius 1 is 0.724 bits per heavy atom. The van der Waals surface area contributed by atoms with Crippen molar-refractivity contribution >= 4 is 48.2 Å². The standard InChI is InChI=1S/C20H16N8Se/c21-17(22)9-1-3-11-13(7-9)27-19(25-11)15-5-6-16(29-15)20-26-12-4-2-10(18(23)24)8-14(12)28-20/h1-8H,(H3,21,22)(H3,23,24)(H,25,27)(H,26,28). The van der Waals surface area contributed by atoms with Crippen LogP contribution in [0.4, 0.5) is 0 Å². The van der Waals surface area contributed by atoms with Gasteiger partial charge in [-0.3, -0.25) is 0 Å². The Morgan fingerprint density at radius 2 is 1.17 bits per heavy atom. The Balaban J connectivity index is 1.52. The molecule has 0 saturated carbocycles. The van der Waals surface area contributed by atoms with E-state index >= 15 is 0 Å². The van der Waals surface area contributed by atoms with Crippen molar-refractivity contribution in [3.05, 3.63) is 59.7 Å². The minimum atomic E-state index is 0.0362. The summed E-state index contributed by atoms with van der Waals surface area (Å²) in [5.41, 5.74) is 15.9. The van der Waals surface area contributed by atoms with Crippen molar-refractivity contribution in [1.82, 2.24) is 19.9 Å². The van der Waals surface area contributed by atoms with Gasteiger partial charge in [0.2, 0.25) is 0 Å². The monoisotopic (exact) mass is 448 g/mol. The van der Waals surface area contributed by atoms with Crippen LogP contribution in [0.25, 0.3) is 42.6 Å². The van der Waals surface area contributed by atoms with Gasteiger partial charge in [0.15, 0.2) is 0 Å². The van der Waals surface area contributed by atoms with Gasteiger partial charge in [-0.05, 0) is 0 Å². The number of aromatic amines is 2. The van der Waals surface area contributed by atoms with Crippen LogP contribution < -0.4 is 11.5 Å².